The van der Waals surface area contributed by atoms with Crippen molar-refractivity contribution >= 4 is 22.9 Å². The number of imidazole rings is 1. The average molecular weight is 724 g/mol. The number of carbonyl (C=O) groups is 2. The number of alkyl carbamates (subject to hydrolysis) is 1. The molecule has 4 aromatic carbocycles. The Morgan fingerprint density at radius 1 is 0.818 bits per heavy atom. The van der Waals surface area contributed by atoms with Crippen molar-refractivity contribution in [2.75, 3.05) is 6.61 Å². The molecule has 8 heteroatoms. The number of nitrogens with zero attached hydrogens (tertiary/aromatic N) is 1. The molecule has 3 atom stereocenters. The molecule has 55 heavy (non-hydrogen) atoms. The Balaban J connectivity index is 1.00. The number of carbonyl (C=O) groups excluding carboxylic acids is 2. The zero-order valence-corrected chi connectivity index (χ0v) is 30.2. The van der Waals surface area contributed by atoms with Crippen molar-refractivity contribution in [1.82, 2.24) is 25.6 Å². The molecular weight excluding hydrogens is 683 g/mol. The summed E-state index contributed by atoms with van der Waals surface area (Å²) in [5.41, 5.74) is 10.6. The number of rotatable bonds is 11. The van der Waals surface area contributed by atoms with E-state index in [0.29, 0.717) is 18.7 Å². The second-order valence-corrected chi connectivity index (χ2v) is 14.4. The number of benzene rings is 4. The number of ether oxygens (including phenoxy) is 1. The van der Waals surface area contributed by atoms with Crippen LogP contribution in [0.2, 0.25) is 0 Å². The van der Waals surface area contributed by atoms with Crippen molar-refractivity contribution in [3.63, 3.8) is 0 Å². The Morgan fingerprint density at radius 3 is 2.38 bits per heavy atom. The number of H-pyrrole nitrogens is 2. The molecule has 3 aliphatic carbocycles. The van der Waals surface area contributed by atoms with Crippen LogP contribution in [0.15, 0.2) is 163 Å². The minimum atomic E-state index is -0.921. The van der Waals surface area contributed by atoms with Gasteiger partial charge >= 0.3 is 6.09 Å². The minimum absolute atomic E-state index is 0.102. The smallest absolute Gasteiger partial charge is 0.407 e. The lowest BCUT2D eigenvalue weighted by atomic mass is 9.82. The summed E-state index contributed by atoms with van der Waals surface area (Å²) in [7, 11) is 0. The first-order valence-corrected chi connectivity index (χ1v) is 18.9. The summed E-state index contributed by atoms with van der Waals surface area (Å²) in [5.74, 6) is 0.430. The quantitative estimate of drug-likeness (QED) is 0.107. The van der Waals surface area contributed by atoms with Gasteiger partial charge in [-0.1, -0.05) is 134 Å². The van der Waals surface area contributed by atoms with Crippen LogP contribution in [-0.2, 0) is 16.0 Å². The predicted octanol–water partition coefficient (Wildman–Crippen LogP) is 9.25. The summed E-state index contributed by atoms with van der Waals surface area (Å²) in [4.78, 5) is 40.0. The van der Waals surface area contributed by atoms with Gasteiger partial charge in [0, 0.05) is 41.8 Å². The van der Waals surface area contributed by atoms with E-state index >= 15 is 0 Å². The first-order valence-electron chi connectivity index (χ1n) is 18.9. The maximum absolute atomic E-state index is 14.6. The molecule has 0 saturated heterocycles. The Morgan fingerprint density at radius 2 is 1.56 bits per heavy atom. The lowest BCUT2D eigenvalue weighted by Gasteiger charge is -2.27. The maximum atomic E-state index is 14.6. The van der Waals surface area contributed by atoms with E-state index in [1.54, 1.807) is 6.20 Å². The fourth-order valence-corrected chi connectivity index (χ4v) is 8.27. The van der Waals surface area contributed by atoms with Gasteiger partial charge in [-0.15, -0.1) is 0 Å². The van der Waals surface area contributed by atoms with Crippen LogP contribution in [-0.4, -0.2) is 39.6 Å². The second kappa shape index (κ2) is 15.0. The van der Waals surface area contributed by atoms with Crippen molar-refractivity contribution in [3.05, 3.63) is 186 Å². The number of hydrogen-bond donors (Lipinski definition) is 4. The number of hydrogen-bond acceptors (Lipinski definition) is 4. The molecule has 272 valence electrons. The molecule has 4 N–H and O–H groups in total. The summed E-state index contributed by atoms with van der Waals surface area (Å²) >= 11 is 0. The first-order chi connectivity index (χ1) is 27.1. The van der Waals surface area contributed by atoms with Crippen LogP contribution in [0.1, 0.15) is 47.3 Å². The van der Waals surface area contributed by atoms with E-state index in [-0.39, 0.29) is 24.3 Å². The molecule has 1 unspecified atom stereocenters. The molecule has 8 nitrogen and oxygen atoms in total. The molecule has 0 radical (unpaired) electrons. The zero-order chi connectivity index (χ0) is 37.1. The number of amides is 2. The zero-order valence-electron chi connectivity index (χ0n) is 30.2. The predicted molar refractivity (Wildman–Crippen MR) is 216 cm³/mol. The summed E-state index contributed by atoms with van der Waals surface area (Å²) in [6.45, 7) is 0.148. The van der Waals surface area contributed by atoms with E-state index in [9.17, 15) is 9.59 Å². The highest BCUT2D eigenvalue weighted by molar-refractivity contribution is 5.87. The van der Waals surface area contributed by atoms with Crippen LogP contribution < -0.4 is 10.6 Å². The largest absolute Gasteiger partial charge is 0.449 e. The summed E-state index contributed by atoms with van der Waals surface area (Å²) in [5, 5.41) is 7.36. The van der Waals surface area contributed by atoms with Crippen molar-refractivity contribution in [2.45, 2.75) is 37.3 Å². The Labute approximate surface area is 319 Å². The first kappa shape index (κ1) is 34.1. The van der Waals surface area contributed by atoms with Crippen LogP contribution in [0, 0.1) is 5.92 Å². The molecule has 0 aliphatic heterocycles. The number of aromatic amines is 2. The second-order valence-electron chi connectivity index (χ2n) is 14.4. The standard InChI is InChI=1S/C47H41N5O3/c53-46(51-42(26-33-27-48-41-24-11-10-19-35(33)41)45-49-28-44(50-45)31-14-2-1-3-15-31)43(25-32-17-12-16-30-13-4-5-18-34(30)32)52-47(54)55-29-40-38-22-8-6-20-36(38)37-21-7-9-23-39(37)40/h1-15,17-24,27-28,30,40,42-43,48H,16,25-26,29H2,(H,49,50)(H,51,53)(H,52,54)/t30?,42-,43-/m1/s1. The monoisotopic (exact) mass is 723 g/mol. The topological polar surface area (TPSA) is 112 Å². The van der Waals surface area contributed by atoms with Gasteiger partial charge in [0.05, 0.1) is 17.9 Å². The van der Waals surface area contributed by atoms with Gasteiger partial charge in [0.15, 0.2) is 0 Å². The Hall–Kier alpha value is -6.67. The van der Waals surface area contributed by atoms with Gasteiger partial charge in [-0.05, 0) is 57.0 Å². The number of allylic oxidation sites excluding steroid dienone is 7. The van der Waals surface area contributed by atoms with Gasteiger partial charge < -0.3 is 25.3 Å². The third-order valence-corrected chi connectivity index (χ3v) is 11.0. The average Bonchev–Trinajstić information content (AvgIpc) is 3.97. The third-order valence-electron chi connectivity index (χ3n) is 11.0. The highest BCUT2D eigenvalue weighted by Crippen LogP contribution is 2.44. The van der Waals surface area contributed by atoms with E-state index in [2.05, 4.69) is 81.3 Å². The third kappa shape index (κ3) is 6.95. The van der Waals surface area contributed by atoms with Crippen LogP contribution in [0.3, 0.4) is 0 Å². The molecule has 2 aromatic heterocycles. The van der Waals surface area contributed by atoms with E-state index < -0.39 is 18.2 Å². The molecular formula is C47H41N5O3. The fourth-order valence-electron chi connectivity index (χ4n) is 8.27. The van der Waals surface area contributed by atoms with Gasteiger partial charge in [-0.2, -0.15) is 0 Å². The fraction of sp³-hybridized carbons (Fsp3) is 0.170. The molecule has 6 aromatic rings. The Kier molecular flexibility index (Phi) is 9.30. The minimum Gasteiger partial charge on any atom is -0.449 e. The maximum Gasteiger partial charge on any atom is 0.407 e. The molecule has 9 rings (SSSR count). The lowest BCUT2D eigenvalue weighted by Crippen LogP contribution is -2.48. The van der Waals surface area contributed by atoms with Crippen molar-refractivity contribution in [3.8, 4) is 22.4 Å². The highest BCUT2D eigenvalue weighted by atomic mass is 16.5. The van der Waals surface area contributed by atoms with Gasteiger partial charge in [-0.3, -0.25) is 4.79 Å². The molecule has 0 bridgehead atoms. The summed E-state index contributed by atoms with van der Waals surface area (Å²) in [6, 6.07) is 33.2. The SMILES string of the molecule is O=C(N[C@H](CC1=C2C=CC=CC2CC=C1)C(=O)N[C@H](Cc1c[nH]c2ccccc12)c1ncc(-c2ccccc2)[nH]1)OCC1c2ccccc2-c2ccccc21. The highest BCUT2D eigenvalue weighted by Gasteiger charge is 2.32. The van der Waals surface area contributed by atoms with Gasteiger partial charge in [0.1, 0.15) is 18.5 Å². The molecule has 0 fully saturated rings. The van der Waals surface area contributed by atoms with Crippen molar-refractivity contribution in [1.29, 1.82) is 0 Å². The van der Waals surface area contributed by atoms with E-state index in [1.165, 1.54) is 0 Å². The van der Waals surface area contributed by atoms with Crippen LogP contribution in [0.5, 0.6) is 0 Å². The van der Waals surface area contributed by atoms with Crippen molar-refractivity contribution in [2.24, 2.45) is 5.92 Å². The van der Waals surface area contributed by atoms with Gasteiger partial charge in [0.25, 0.3) is 0 Å². The van der Waals surface area contributed by atoms with Crippen LogP contribution in [0.25, 0.3) is 33.3 Å². The molecule has 0 saturated carbocycles. The molecule has 2 heterocycles. The lowest BCUT2D eigenvalue weighted by molar-refractivity contribution is -0.123. The van der Waals surface area contributed by atoms with Crippen LogP contribution in [0.4, 0.5) is 4.79 Å². The van der Waals surface area contributed by atoms with E-state index in [1.807, 2.05) is 85.1 Å². The normalized spacial score (nSPS) is 16.7. The molecule has 3 aliphatic rings. The van der Waals surface area contributed by atoms with Gasteiger partial charge in [-0.25, -0.2) is 9.78 Å². The van der Waals surface area contributed by atoms with E-state index in [0.717, 1.165) is 67.5 Å². The molecule has 2 amide bonds. The number of aromatic nitrogens is 3. The number of fused-ring (bicyclic) bond motifs is 5. The number of para-hydroxylation sites is 1. The van der Waals surface area contributed by atoms with E-state index in [4.69, 9.17) is 9.72 Å². The Bertz CT molecular complexity index is 2460. The van der Waals surface area contributed by atoms with Crippen LogP contribution >= 0.6 is 0 Å². The van der Waals surface area contributed by atoms with Crippen molar-refractivity contribution < 1.29 is 14.3 Å². The summed E-state index contributed by atoms with van der Waals surface area (Å²) < 4.78 is 5.98. The number of nitrogens with one attached hydrogen (secondary N) is 4. The molecule has 0 spiro atoms. The van der Waals surface area contributed by atoms with Gasteiger partial charge in [0.2, 0.25) is 5.91 Å². The summed E-state index contributed by atoms with van der Waals surface area (Å²) in [6.07, 6.45) is 17.4.